The van der Waals surface area contributed by atoms with Crippen molar-refractivity contribution in [1.82, 2.24) is 15.5 Å². The fourth-order valence-corrected chi connectivity index (χ4v) is 2.57. The van der Waals surface area contributed by atoms with Gasteiger partial charge in [0.1, 0.15) is 0 Å². The van der Waals surface area contributed by atoms with Gasteiger partial charge >= 0.3 is 0 Å². The fourth-order valence-electron chi connectivity index (χ4n) is 2.57. The molecule has 2 N–H and O–H groups in total. The molecule has 0 bridgehead atoms. The van der Waals surface area contributed by atoms with Crippen LogP contribution in [-0.2, 0) is 14.3 Å². The van der Waals surface area contributed by atoms with Crippen LogP contribution in [0.5, 0.6) is 0 Å². The van der Waals surface area contributed by atoms with Gasteiger partial charge in [-0.05, 0) is 12.3 Å². The van der Waals surface area contributed by atoms with Gasteiger partial charge in [0.15, 0.2) is 0 Å². The van der Waals surface area contributed by atoms with Gasteiger partial charge < -0.3 is 15.4 Å². The molecule has 134 valence electrons. The van der Waals surface area contributed by atoms with Crippen LogP contribution in [0, 0.1) is 11.3 Å². The summed E-state index contributed by atoms with van der Waals surface area (Å²) in [4.78, 5) is 26.2. The van der Waals surface area contributed by atoms with Crippen LogP contribution in [0.4, 0.5) is 0 Å². The molecule has 0 radical (unpaired) electrons. The van der Waals surface area contributed by atoms with E-state index in [2.05, 4.69) is 29.4 Å². The Morgan fingerprint density at radius 1 is 1.13 bits per heavy atom. The monoisotopic (exact) mass is 327 g/mol. The van der Waals surface area contributed by atoms with Crippen LogP contribution in [0.25, 0.3) is 0 Å². The molecule has 1 fully saturated rings. The quantitative estimate of drug-likeness (QED) is 0.732. The Balaban J connectivity index is 2.40. The highest BCUT2D eigenvalue weighted by molar-refractivity contribution is 5.87. The molecule has 0 aromatic rings. The lowest BCUT2D eigenvalue weighted by Crippen LogP contribution is -2.50. The van der Waals surface area contributed by atoms with Crippen molar-refractivity contribution in [2.45, 2.75) is 47.1 Å². The minimum absolute atomic E-state index is 0.0353. The maximum Gasteiger partial charge on any atom is 0.239 e. The Bertz CT molecular complexity index is 385. The first-order valence-electron chi connectivity index (χ1n) is 8.57. The molecule has 1 heterocycles. The summed E-state index contributed by atoms with van der Waals surface area (Å²) in [6, 6.07) is 0.321. The van der Waals surface area contributed by atoms with E-state index in [9.17, 15) is 9.59 Å². The molecule has 0 aromatic carbocycles. The molecule has 6 nitrogen and oxygen atoms in total. The summed E-state index contributed by atoms with van der Waals surface area (Å²) in [6.45, 7) is 13.9. The van der Waals surface area contributed by atoms with E-state index in [1.165, 1.54) is 0 Å². The van der Waals surface area contributed by atoms with Crippen molar-refractivity contribution in [3.05, 3.63) is 0 Å². The van der Waals surface area contributed by atoms with Gasteiger partial charge in [-0.3, -0.25) is 14.5 Å². The Morgan fingerprint density at radius 2 is 1.74 bits per heavy atom. The molecule has 1 aliphatic rings. The van der Waals surface area contributed by atoms with Gasteiger partial charge in [0.05, 0.1) is 19.8 Å². The average molecular weight is 327 g/mol. The van der Waals surface area contributed by atoms with Crippen LogP contribution >= 0.6 is 0 Å². The van der Waals surface area contributed by atoms with Crippen molar-refractivity contribution >= 4 is 11.8 Å². The topological polar surface area (TPSA) is 70.7 Å². The highest BCUT2D eigenvalue weighted by atomic mass is 16.5. The number of hydrogen-bond acceptors (Lipinski definition) is 4. The summed E-state index contributed by atoms with van der Waals surface area (Å²) < 4.78 is 5.40. The highest BCUT2D eigenvalue weighted by Crippen LogP contribution is 2.13. The van der Waals surface area contributed by atoms with Crippen molar-refractivity contribution in [3.8, 4) is 0 Å². The number of amides is 2. The fraction of sp³-hybridized carbons (Fsp3) is 0.882. The molecule has 23 heavy (non-hydrogen) atoms. The molecule has 1 aliphatic heterocycles. The van der Waals surface area contributed by atoms with Crippen LogP contribution in [0.1, 0.15) is 41.0 Å². The molecular weight excluding hydrogens is 294 g/mol. The number of nitrogens with one attached hydrogen (secondary N) is 2. The smallest absolute Gasteiger partial charge is 0.239 e. The van der Waals surface area contributed by atoms with E-state index in [0.717, 1.165) is 32.7 Å². The second kappa shape index (κ2) is 9.23. The van der Waals surface area contributed by atoms with Gasteiger partial charge in [-0.2, -0.15) is 0 Å². The van der Waals surface area contributed by atoms with Crippen molar-refractivity contribution < 1.29 is 14.3 Å². The third-order valence-electron chi connectivity index (χ3n) is 3.93. The second-order valence-electron chi connectivity index (χ2n) is 7.67. The number of carbonyl (C=O) groups is 2. The number of carbonyl (C=O) groups excluding carboxylic acids is 2. The third-order valence-corrected chi connectivity index (χ3v) is 3.93. The lowest BCUT2D eigenvalue weighted by atomic mass is 9.96. The first-order valence-corrected chi connectivity index (χ1v) is 8.57. The molecule has 1 rings (SSSR count). The minimum atomic E-state index is -0.478. The van der Waals surface area contributed by atoms with Gasteiger partial charge in [-0.25, -0.2) is 0 Å². The summed E-state index contributed by atoms with van der Waals surface area (Å²) in [5.41, 5.74) is -0.478. The zero-order valence-corrected chi connectivity index (χ0v) is 15.3. The predicted octanol–water partition coefficient (Wildman–Crippen LogP) is 1.01. The van der Waals surface area contributed by atoms with Crippen molar-refractivity contribution in [3.63, 3.8) is 0 Å². The maximum atomic E-state index is 12.0. The van der Waals surface area contributed by atoms with Gasteiger partial charge in [0.25, 0.3) is 0 Å². The van der Waals surface area contributed by atoms with Crippen molar-refractivity contribution in [2.75, 3.05) is 39.4 Å². The van der Waals surface area contributed by atoms with Crippen LogP contribution in [-0.4, -0.2) is 62.1 Å². The summed E-state index contributed by atoms with van der Waals surface area (Å²) in [5, 5.41) is 5.64. The molecule has 6 heteroatoms. The van der Waals surface area contributed by atoms with E-state index >= 15 is 0 Å². The van der Waals surface area contributed by atoms with Crippen LogP contribution < -0.4 is 10.6 Å². The molecule has 2 amide bonds. The molecule has 1 saturated heterocycles. The summed E-state index contributed by atoms with van der Waals surface area (Å²) in [6.07, 6.45) is 1.04. The molecule has 0 saturated carbocycles. The Labute approximate surface area is 140 Å². The van der Waals surface area contributed by atoms with Gasteiger partial charge in [0.2, 0.25) is 11.8 Å². The zero-order valence-electron chi connectivity index (χ0n) is 15.3. The van der Waals surface area contributed by atoms with Gasteiger partial charge in [-0.1, -0.05) is 34.6 Å². The molecule has 1 atom stereocenters. The van der Waals surface area contributed by atoms with Crippen LogP contribution in [0.3, 0.4) is 0 Å². The summed E-state index contributed by atoms with van der Waals surface area (Å²) in [7, 11) is 0. The number of hydrogen-bond donors (Lipinski definition) is 2. The molecular formula is C17H33N3O3. The first-order chi connectivity index (χ1) is 10.7. The number of ether oxygens (including phenoxy) is 1. The molecule has 0 spiro atoms. The minimum Gasteiger partial charge on any atom is -0.379 e. The SMILES string of the molecule is CC(C)C[C@@H](CNC(=O)CNC(=O)C(C)(C)C)N1CCOCC1. The van der Waals surface area contributed by atoms with Crippen LogP contribution in [0.15, 0.2) is 0 Å². The number of nitrogens with zero attached hydrogens (tertiary/aromatic N) is 1. The van der Waals surface area contributed by atoms with E-state index in [1.807, 2.05) is 20.8 Å². The Hall–Kier alpha value is -1.14. The maximum absolute atomic E-state index is 12.0. The summed E-state index contributed by atoms with van der Waals surface area (Å²) >= 11 is 0. The van der Waals surface area contributed by atoms with Gasteiger partial charge in [0, 0.05) is 31.1 Å². The average Bonchev–Trinajstić information content (AvgIpc) is 2.48. The second-order valence-corrected chi connectivity index (χ2v) is 7.67. The number of rotatable bonds is 7. The standard InChI is InChI=1S/C17H33N3O3/c1-13(2)10-14(20-6-8-23-9-7-20)11-18-15(21)12-19-16(22)17(3,4)5/h13-14H,6-12H2,1-5H3,(H,18,21)(H,19,22)/t14-/m0/s1. The first kappa shape index (κ1) is 19.9. The van der Waals surface area contributed by atoms with E-state index < -0.39 is 5.41 Å². The van der Waals surface area contributed by atoms with Crippen molar-refractivity contribution in [2.24, 2.45) is 11.3 Å². The molecule has 0 unspecified atom stereocenters. The largest absolute Gasteiger partial charge is 0.379 e. The molecule has 0 aliphatic carbocycles. The van der Waals surface area contributed by atoms with Crippen LogP contribution in [0.2, 0.25) is 0 Å². The van der Waals surface area contributed by atoms with E-state index in [1.54, 1.807) is 0 Å². The van der Waals surface area contributed by atoms with E-state index in [-0.39, 0.29) is 18.4 Å². The molecule has 0 aromatic heterocycles. The summed E-state index contributed by atoms with van der Waals surface area (Å²) in [5.74, 6) is 0.324. The Kier molecular flexibility index (Phi) is 7.99. The predicted molar refractivity (Wildman–Crippen MR) is 91.1 cm³/mol. The third kappa shape index (κ3) is 7.79. The number of morpholine rings is 1. The zero-order chi connectivity index (χ0) is 17.5. The van der Waals surface area contributed by atoms with E-state index in [4.69, 9.17) is 4.74 Å². The van der Waals surface area contributed by atoms with Crippen molar-refractivity contribution in [1.29, 1.82) is 0 Å². The van der Waals surface area contributed by atoms with E-state index in [0.29, 0.717) is 18.5 Å². The normalized spacial score (nSPS) is 17.8. The lowest BCUT2D eigenvalue weighted by molar-refractivity contribution is -0.131. The lowest BCUT2D eigenvalue weighted by Gasteiger charge is -2.35. The van der Waals surface area contributed by atoms with Gasteiger partial charge in [-0.15, -0.1) is 0 Å². The Morgan fingerprint density at radius 3 is 2.26 bits per heavy atom. The highest BCUT2D eigenvalue weighted by Gasteiger charge is 2.24.